The van der Waals surface area contributed by atoms with Gasteiger partial charge in [0.1, 0.15) is 6.61 Å². The average molecular weight is 389 g/mol. The van der Waals surface area contributed by atoms with Crippen molar-refractivity contribution >= 4 is 18.0 Å². The number of carbonyl (C=O) groups excluding carboxylic acids is 1. The van der Waals surface area contributed by atoms with Gasteiger partial charge in [0.15, 0.2) is 17.3 Å². The molecule has 8 heteroatoms. The largest absolute Gasteiger partial charge is 0.493 e. The Hall–Kier alpha value is -4.07. The van der Waals surface area contributed by atoms with Crippen LogP contribution in [0.5, 0.6) is 11.5 Å². The second-order valence-electron chi connectivity index (χ2n) is 5.69. The van der Waals surface area contributed by atoms with Gasteiger partial charge in [-0.1, -0.05) is 18.2 Å². The summed E-state index contributed by atoms with van der Waals surface area (Å²) >= 11 is 0. The highest BCUT2D eigenvalue weighted by Gasteiger charge is 2.07. The van der Waals surface area contributed by atoms with Crippen LogP contribution in [0.4, 0.5) is 0 Å². The molecule has 0 aliphatic heterocycles. The fourth-order valence-corrected chi connectivity index (χ4v) is 2.26. The molecular formula is C21H19N5O3. The molecule has 146 valence electrons. The SMILES string of the molecule is COc1ccccc1OC/C(N=Cc1cccnc1)=N\NC(=O)c1ccncc1. The van der Waals surface area contributed by atoms with E-state index in [1.807, 2.05) is 18.2 Å². The zero-order chi connectivity index (χ0) is 20.3. The predicted molar refractivity (Wildman–Crippen MR) is 109 cm³/mol. The Kier molecular flexibility index (Phi) is 7.00. The van der Waals surface area contributed by atoms with E-state index in [4.69, 9.17) is 9.47 Å². The third kappa shape index (κ3) is 5.96. The maximum absolute atomic E-state index is 12.2. The van der Waals surface area contributed by atoms with Crippen molar-refractivity contribution in [3.63, 3.8) is 0 Å². The van der Waals surface area contributed by atoms with Crippen molar-refractivity contribution < 1.29 is 14.3 Å². The summed E-state index contributed by atoms with van der Waals surface area (Å²) in [6, 6.07) is 14.1. The maximum Gasteiger partial charge on any atom is 0.271 e. The van der Waals surface area contributed by atoms with Crippen LogP contribution in [0.1, 0.15) is 15.9 Å². The third-order valence-electron chi connectivity index (χ3n) is 3.70. The number of hydrogen-bond donors (Lipinski definition) is 1. The van der Waals surface area contributed by atoms with E-state index < -0.39 is 0 Å². The minimum absolute atomic E-state index is 0.0216. The third-order valence-corrected chi connectivity index (χ3v) is 3.70. The van der Waals surface area contributed by atoms with Crippen LogP contribution in [0, 0.1) is 0 Å². The highest BCUT2D eigenvalue weighted by atomic mass is 16.5. The van der Waals surface area contributed by atoms with Crippen LogP contribution >= 0.6 is 0 Å². The number of para-hydroxylation sites is 2. The molecular weight excluding hydrogens is 370 g/mol. The van der Waals surface area contributed by atoms with Crippen molar-refractivity contribution in [2.24, 2.45) is 10.1 Å². The van der Waals surface area contributed by atoms with Crippen LogP contribution in [0.15, 0.2) is 83.4 Å². The number of hydrogen-bond acceptors (Lipinski definition) is 6. The molecule has 0 fully saturated rings. The number of nitrogens with one attached hydrogen (secondary N) is 1. The van der Waals surface area contributed by atoms with Crippen molar-refractivity contribution in [3.05, 3.63) is 84.4 Å². The first-order valence-corrected chi connectivity index (χ1v) is 8.73. The Morgan fingerprint density at radius 3 is 2.55 bits per heavy atom. The molecule has 1 N–H and O–H groups in total. The molecule has 0 aliphatic rings. The molecule has 0 unspecified atom stereocenters. The van der Waals surface area contributed by atoms with Crippen molar-refractivity contribution in [3.8, 4) is 11.5 Å². The van der Waals surface area contributed by atoms with E-state index in [-0.39, 0.29) is 18.3 Å². The second-order valence-corrected chi connectivity index (χ2v) is 5.69. The number of benzene rings is 1. The minimum Gasteiger partial charge on any atom is -0.493 e. The topological polar surface area (TPSA) is 98.1 Å². The Morgan fingerprint density at radius 1 is 1.03 bits per heavy atom. The number of ether oxygens (including phenoxy) is 2. The summed E-state index contributed by atoms with van der Waals surface area (Å²) in [6.07, 6.45) is 8.00. The maximum atomic E-state index is 12.2. The first kappa shape index (κ1) is 19.7. The van der Waals surface area contributed by atoms with Crippen molar-refractivity contribution in [1.82, 2.24) is 15.4 Å². The molecule has 0 radical (unpaired) electrons. The fraction of sp³-hybridized carbons (Fsp3) is 0.0952. The lowest BCUT2D eigenvalue weighted by molar-refractivity contribution is 0.0954. The second kappa shape index (κ2) is 10.3. The van der Waals surface area contributed by atoms with Crippen molar-refractivity contribution in [1.29, 1.82) is 0 Å². The summed E-state index contributed by atoms with van der Waals surface area (Å²) in [5.74, 6) is 1.02. The van der Waals surface area contributed by atoms with E-state index >= 15 is 0 Å². The molecule has 3 aromatic rings. The van der Waals surface area contributed by atoms with Gasteiger partial charge in [0.2, 0.25) is 0 Å². The Balaban J connectivity index is 1.75. The first-order valence-electron chi connectivity index (χ1n) is 8.73. The standard InChI is InChI=1S/C21H19N5O3/c1-28-18-6-2-3-7-19(18)29-15-20(24-14-16-5-4-10-23-13-16)25-26-21(27)17-8-11-22-12-9-17/h2-14H,15H2,1H3,(H,26,27)/b24-14?,25-20+. The Labute approximate surface area is 168 Å². The van der Waals surface area contributed by atoms with Gasteiger partial charge in [0.05, 0.1) is 7.11 Å². The monoisotopic (exact) mass is 389 g/mol. The Bertz CT molecular complexity index is 991. The van der Waals surface area contributed by atoms with Crippen LogP contribution in [-0.4, -0.2) is 41.6 Å². The van der Waals surface area contributed by atoms with Gasteiger partial charge in [0, 0.05) is 42.1 Å². The number of hydrazone groups is 1. The first-order chi connectivity index (χ1) is 14.3. The van der Waals surface area contributed by atoms with Crippen LogP contribution in [0.25, 0.3) is 0 Å². The number of methoxy groups -OCH3 is 1. The number of nitrogens with zero attached hydrogens (tertiary/aromatic N) is 4. The van der Waals surface area contributed by atoms with E-state index in [2.05, 4.69) is 25.5 Å². The van der Waals surface area contributed by atoms with Gasteiger partial charge in [-0.25, -0.2) is 10.4 Å². The summed E-state index contributed by atoms with van der Waals surface area (Å²) in [5.41, 5.74) is 3.71. The predicted octanol–water partition coefficient (Wildman–Crippen LogP) is 2.73. The molecule has 1 amide bonds. The number of rotatable bonds is 7. The van der Waals surface area contributed by atoms with E-state index in [1.165, 1.54) is 12.4 Å². The lowest BCUT2D eigenvalue weighted by atomic mass is 10.3. The highest BCUT2D eigenvalue weighted by molar-refractivity contribution is 5.98. The summed E-state index contributed by atoms with van der Waals surface area (Å²) in [5, 5.41) is 4.10. The van der Waals surface area contributed by atoms with E-state index in [9.17, 15) is 4.79 Å². The normalized spacial score (nSPS) is 11.3. The number of carbonyl (C=O) groups is 1. The smallest absolute Gasteiger partial charge is 0.271 e. The van der Waals surface area contributed by atoms with Gasteiger partial charge in [-0.2, -0.15) is 5.10 Å². The molecule has 0 saturated carbocycles. The molecule has 0 bridgehead atoms. The van der Waals surface area contributed by atoms with Gasteiger partial charge in [0.25, 0.3) is 5.91 Å². The van der Waals surface area contributed by atoms with E-state index in [1.54, 1.807) is 56.0 Å². The summed E-state index contributed by atoms with van der Waals surface area (Å²) in [6.45, 7) is 0.0216. The van der Waals surface area contributed by atoms with Gasteiger partial charge in [-0.15, -0.1) is 0 Å². The van der Waals surface area contributed by atoms with Gasteiger partial charge in [-0.05, 0) is 30.3 Å². The summed E-state index contributed by atoms with van der Waals surface area (Å²) < 4.78 is 11.0. The number of pyridine rings is 2. The van der Waals surface area contributed by atoms with Crippen LogP contribution < -0.4 is 14.9 Å². The zero-order valence-electron chi connectivity index (χ0n) is 15.7. The lowest BCUT2D eigenvalue weighted by Crippen LogP contribution is -2.21. The summed E-state index contributed by atoms with van der Waals surface area (Å²) in [7, 11) is 1.56. The summed E-state index contributed by atoms with van der Waals surface area (Å²) in [4.78, 5) is 24.5. The molecule has 0 saturated heterocycles. The molecule has 8 nitrogen and oxygen atoms in total. The minimum atomic E-state index is -0.376. The van der Waals surface area contributed by atoms with E-state index in [0.29, 0.717) is 17.1 Å². The van der Waals surface area contributed by atoms with Gasteiger partial charge >= 0.3 is 0 Å². The number of amides is 1. The Morgan fingerprint density at radius 2 is 1.83 bits per heavy atom. The molecule has 2 aromatic heterocycles. The van der Waals surface area contributed by atoms with Crippen LogP contribution in [-0.2, 0) is 0 Å². The molecule has 29 heavy (non-hydrogen) atoms. The molecule has 3 rings (SSSR count). The van der Waals surface area contributed by atoms with Crippen molar-refractivity contribution in [2.45, 2.75) is 0 Å². The van der Waals surface area contributed by atoms with Crippen LogP contribution in [0.3, 0.4) is 0 Å². The zero-order valence-corrected chi connectivity index (χ0v) is 15.7. The number of aromatic nitrogens is 2. The molecule has 0 spiro atoms. The highest BCUT2D eigenvalue weighted by Crippen LogP contribution is 2.25. The number of aliphatic imine (C=N–C) groups is 1. The molecule has 0 atom stereocenters. The van der Waals surface area contributed by atoms with Crippen molar-refractivity contribution in [2.75, 3.05) is 13.7 Å². The van der Waals surface area contributed by atoms with E-state index in [0.717, 1.165) is 5.56 Å². The lowest BCUT2D eigenvalue weighted by Gasteiger charge is -2.10. The fourth-order valence-electron chi connectivity index (χ4n) is 2.26. The van der Waals surface area contributed by atoms with Gasteiger partial charge in [-0.3, -0.25) is 14.8 Å². The molecule has 2 heterocycles. The average Bonchev–Trinajstić information content (AvgIpc) is 2.79. The van der Waals surface area contributed by atoms with Crippen LogP contribution in [0.2, 0.25) is 0 Å². The quantitative estimate of drug-likeness (QED) is 0.381. The molecule has 1 aromatic carbocycles. The molecule has 0 aliphatic carbocycles. The van der Waals surface area contributed by atoms with Gasteiger partial charge < -0.3 is 9.47 Å². The number of amidine groups is 1.